The normalized spacial score (nSPS) is 12.9. The van der Waals surface area contributed by atoms with Crippen LogP contribution in [0.2, 0.25) is 5.02 Å². The van der Waals surface area contributed by atoms with E-state index in [4.69, 9.17) is 31.9 Å². The second-order valence-electron chi connectivity index (χ2n) is 5.77. The third kappa shape index (κ3) is 4.79. The summed E-state index contributed by atoms with van der Waals surface area (Å²) in [4.78, 5) is 11.1. The van der Waals surface area contributed by atoms with Crippen LogP contribution in [0.1, 0.15) is 26.3 Å². The van der Waals surface area contributed by atoms with Crippen molar-refractivity contribution >= 4 is 17.6 Å². The van der Waals surface area contributed by atoms with Gasteiger partial charge in [-0.3, -0.25) is 4.79 Å². The zero-order valence-electron chi connectivity index (χ0n) is 12.8. The maximum atomic E-state index is 11.1. The molecule has 0 heterocycles. The third-order valence-corrected chi connectivity index (χ3v) is 3.28. The summed E-state index contributed by atoms with van der Waals surface area (Å²) in [5.74, 6) is -0.118. The van der Waals surface area contributed by atoms with Gasteiger partial charge in [0.25, 0.3) is 0 Å². The van der Waals surface area contributed by atoms with Crippen molar-refractivity contribution in [2.24, 2.45) is 11.1 Å². The van der Waals surface area contributed by atoms with E-state index in [-0.39, 0.29) is 12.6 Å². The molecule has 0 aliphatic heterocycles. The molecule has 1 atom stereocenters. The number of hydrogen-bond acceptors (Lipinski definition) is 4. The molecule has 5 nitrogen and oxygen atoms in total. The molecule has 118 valence electrons. The van der Waals surface area contributed by atoms with Gasteiger partial charge in [-0.2, -0.15) is 0 Å². The Morgan fingerprint density at radius 1 is 1.48 bits per heavy atom. The van der Waals surface area contributed by atoms with E-state index < -0.39 is 11.4 Å². The largest absolute Gasteiger partial charge is 0.493 e. The second kappa shape index (κ2) is 7.00. The fourth-order valence-electron chi connectivity index (χ4n) is 1.72. The average molecular weight is 316 g/mol. The van der Waals surface area contributed by atoms with Crippen LogP contribution in [0.4, 0.5) is 0 Å². The second-order valence-corrected chi connectivity index (χ2v) is 6.18. The quantitative estimate of drug-likeness (QED) is 0.808. The molecule has 1 unspecified atom stereocenters. The predicted molar refractivity (Wildman–Crippen MR) is 82.3 cm³/mol. The van der Waals surface area contributed by atoms with E-state index in [0.717, 1.165) is 5.56 Å². The molecule has 0 spiro atoms. The van der Waals surface area contributed by atoms with E-state index in [1.54, 1.807) is 26.0 Å². The molecule has 0 aliphatic rings. The number of aliphatic carboxylic acids is 1. The fourth-order valence-corrected chi connectivity index (χ4v) is 2.01. The minimum atomic E-state index is -1.02. The van der Waals surface area contributed by atoms with Crippen LogP contribution in [0.15, 0.2) is 12.1 Å². The highest BCUT2D eigenvalue weighted by atomic mass is 35.5. The molecule has 0 aliphatic carbocycles. The van der Waals surface area contributed by atoms with Crippen LogP contribution in [0.5, 0.6) is 11.5 Å². The topological polar surface area (TPSA) is 81.8 Å². The summed E-state index contributed by atoms with van der Waals surface area (Å²) in [5, 5.41) is 9.48. The smallest absolute Gasteiger partial charge is 0.312 e. The Hall–Kier alpha value is -1.46. The summed E-state index contributed by atoms with van der Waals surface area (Å²) in [6.45, 7) is 5.06. The van der Waals surface area contributed by atoms with Gasteiger partial charge in [0.05, 0.1) is 17.5 Å². The van der Waals surface area contributed by atoms with Crippen molar-refractivity contribution in [2.45, 2.75) is 33.2 Å². The first-order chi connectivity index (χ1) is 9.67. The number of methoxy groups -OCH3 is 1. The molecule has 0 radical (unpaired) electrons. The Kier molecular flexibility index (Phi) is 5.87. The lowest BCUT2D eigenvalue weighted by Gasteiger charge is -2.21. The number of halogens is 1. The molecule has 0 saturated carbocycles. The Morgan fingerprint density at radius 2 is 2.10 bits per heavy atom. The molecule has 0 amide bonds. The van der Waals surface area contributed by atoms with Crippen LogP contribution in [-0.2, 0) is 11.2 Å². The Balaban J connectivity index is 2.99. The summed E-state index contributed by atoms with van der Waals surface area (Å²) in [6.07, 6.45) is 0.664. The van der Waals surface area contributed by atoms with Gasteiger partial charge >= 0.3 is 5.97 Å². The molecule has 1 aromatic rings. The lowest BCUT2D eigenvalue weighted by atomic mass is 9.95. The Morgan fingerprint density at radius 3 is 2.57 bits per heavy atom. The molecule has 3 N–H and O–H groups in total. The van der Waals surface area contributed by atoms with E-state index >= 15 is 0 Å². The van der Waals surface area contributed by atoms with Crippen LogP contribution in [0.25, 0.3) is 0 Å². The lowest BCUT2D eigenvalue weighted by Crippen LogP contribution is -2.30. The fraction of sp³-hybridized carbons (Fsp3) is 0.533. The van der Waals surface area contributed by atoms with Gasteiger partial charge < -0.3 is 20.3 Å². The molecule has 0 aromatic heterocycles. The van der Waals surface area contributed by atoms with Crippen molar-refractivity contribution in [3.63, 3.8) is 0 Å². The van der Waals surface area contributed by atoms with Crippen LogP contribution >= 0.6 is 11.6 Å². The summed E-state index contributed by atoms with van der Waals surface area (Å²) in [5.41, 5.74) is 5.70. The first-order valence-corrected chi connectivity index (χ1v) is 7.03. The van der Waals surface area contributed by atoms with Gasteiger partial charge in [0.15, 0.2) is 11.5 Å². The minimum absolute atomic E-state index is 0.00323. The number of ether oxygens (including phenoxy) is 2. The van der Waals surface area contributed by atoms with Crippen molar-refractivity contribution in [3.05, 3.63) is 22.7 Å². The molecule has 0 fully saturated rings. The Labute approximate surface area is 130 Å². The maximum Gasteiger partial charge on any atom is 0.312 e. The highest BCUT2D eigenvalue weighted by molar-refractivity contribution is 6.32. The molecule has 21 heavy (non-hydrogen) atoms. The molecule has 1 aromatic carbocycles. The van der Waals surface area contributed by atoms with Gasteiger partial charge in [-0.1, -0.05) is 11.6 Å². The van der Waals surface area contributed by atoms with Crippen LogP contribution in [0.3, 0.4) is 0 Å². The first kappa shape index (κ1) is 17.6. The van der Waals surface area contributed by atoms with Crippen LogP contribution in [-0.4, -0.2) is 30.8 Å². The van der Waals surface area contributed by atoms with Gasteiger partial charge in [-0.25, -0.2) is 0 Å². The van der Waals surface area contributed by atoms with Gasteiger partial charge in [0, 0.05) is 6.04 Å². The van der Waals surface area contributed by atoms with E-state index in [1.807, 2.05) is 6.92 Å². The third-order valence-electron chi connectivity index (χ3n) is 3.00. The summed E-state index contributed by atoms with van der Waals surface area (Å²) < 4.78 is 10.9. The Bertz CT molecular complexity index is 515. The van der Waals surface area contributed by atoms with E-state index in [0.29, 0.717) is 22.9 Å². The SMILES string of the molecule is COc1cc(CC(C)N)cc(Cl)c1OCC(C)(C)C(=O)O. The molecule has 1 rings (SSSR count). The maximum absolute atomic E-state index is 11.1. The monoisotopic (exact) mass is 315 g/mol. The number of rotatable bonds is 7. The van der Waals surface area contributed by atoms with E-state index in [9.17, 15) is 4.79 Å². The highest BCUT2D eigenvalue weighted by Crippen LogP contribution is 2.37. The van der Waals surface area contributed by atoms with Gasteiger partial charge in [-0.15, -0.1) is 0 Å². The number of carboxylic acids is 1. The van der Waals surface area contributed by atoms with Crippen molar-refractivity contribution in [1.82, 2.24) is 0 Å². The standard InChI is InChI=1S/C15H22ClNO4/c1-9(17)5-10-6-11(16)13(12(7-10)20-4)21-8-15(2,3)14(18)19/h6-7,9H,5,8,17H2,1-4H3,(H,18,19). The molecule has 6 heteroatoms. The summed E-state index contributed by atoms with van der Waals surface area (Å²) >= 11 is 6.21. The first-order valence-electron chi connectivity index (χ1n) is 6.65. The number of carbonyl (C=O) groups is 1. The summed E-state index contributed by atoms with van der Waals surface area (Å²) in [6, 6.07) is 3.57. The number of nitrogens with two attached hydrogens (primary N) is 1. The van der Waals surface area contributed by atoms with Gasteiger partial charge in [0.2, 0.25) is 0 Å². The van der Waals surface area contributed by atoms with Gasteiger partial charge in [-0.05, 0) is 44.9 Å². The molecular weight excluding hydrogens is 294 g/mol. The number of benzene rings is 1. The molecular formula is C15H22ClNO4. The van der Waals surface area contributed by atoms with Crippen molar-refractivity contribution in [1.29, 1.82) is 0 Å². The predicted octanol–water partition coefficient (Wildman–Crippen LogP) is 2.73. The number of carboxylic acid groups (broad SMARTS) is 1. The van der Waals surface area contributed by atoms with Crippen molar-refractivity contribution in [2.75, 3.05) is 13.7 Å². The summed E-state index contributed by atoms with van der Waals surface area (Å²) in [7, 11) is 1.51. The van der Waals surface area contributed by atoms with Crippen LogP contribution < -0.4 is 15.2 Å². The number of hydrogen-bond donors (Lipinski definition) is 2. The van der Waals surface area contributed by atoms with Crippen molar-refractivity contribution < 1.29 is 19.4 Å². The average Bonchev–Trinajstić information content (AvgIpc) is 2.35. The minimum Gasteiger partial charge on any atom is -0.493 e. The van der Waals surface area contributed by atoms with E-state index in [2.05, 4.69) is 0 Å². The van der Waals surface area contributed by atoms with Crippen molar-refractivity contribution in [3.8, 4) is 11.5 Å². The molecule has 0 saturated heterocycles. The highest BCUT2D eigenvalue weighted by Gasteiger charge is 2.29. The molecule has 0 bridgehead atoms. The van der Waals surface area contributed by atoms with Crippen LogP contribution in [0, 0.1) is 5.41 Å². The lowest BCUT2D eigenvalue weighted by molar-refractivity contribution is -0.148. The zero-order valence-corrected chi connectivity index (χ0v) is 13.5. The van der Waals surface area contributed by atoms with E-state index in [1.165, 1.54) is 7.11 Å². The zero-order chi connectivity index (χ0) is 16.2. The van der Waals surface area contributed by atoms with Gasteiger partial charge in [0.1, 0.15) is 6.61 Å².